The molecular weight excluding hydrogens is 363 g/mol. The number of urea groups is 1. The molecule has 2 atom stereocenters. The maximum Gasteiger partial charge on any atom is 0.326 e. The summed E-state index contributed by atoms with van der Waals surface area (Å²) in [5.41, 5.74) is -0.873. The second kappa shape index (κ2) is 7.23. The minimum absolute atomic E-state index is 0.00550. The smallest absolute Gasteiger partial charge is 0.326 e. The Morgan fingerprint density at radius 3 is 2.88 bits per heavy atom. The summed E-state index contributed by atoms with van der Waals surface area (Å²) in [6, 6.07) is 3.55. The maximum atomic E-state index is 13.7. The number of benzene rings is 1. The highest BCUT2D eigenvalue weighted by atomic mass is 35.5. The van der Waals surface area contributed by atoms with Gasteiger partial charge in [-0.3, -0.25) is 14.5 Å². The molecule has 3 amide bonds. The number of amides is 3. The molecule has 0 unspecified atom stereocenters. The Morgan fingerprint density at radius 1 is 1.42 bits per heavy atom. The Hall–Kier alpha value is -2.15. The highest BCUT2D eigenvalue weighted by Gasteiger charge is 2.55. The number of carbonyl (C=O) groups excluding carboxylic acids is 3. The predicted molar refractivity (Wildman–Crippen MR) is 91.8 cm³/mol. The maximum absolute atomic E-state index is 13.7. The first-order valence-corrected chi connectivity index (χ1v) is 8.95. The van der Waals surface area contributed by atoms with Gasteiger partial charge in [-0.2, -0.15) is 0 Å². The normalized spacial score (nSPS) is 25.5. The van der Waals surface area contributed by atoms with E-state index in [0.717, 1.165) is 24.2 Å². The number of halogens is 2. The van der Waals surface area contributed by atoms with E-state index in [4.69, 9.17) is 16.3 Å². The fraction of sp³-hybridized carbons (Fsp3) is 0.500. The van der Waals surface area contributed by atoms with Gasteiger partial charge in [-0.25, -0.2) is 9.18 Å². The second-order valence-electron chi connectivity index (χ2n) is 6.80. The molecule has 26 heavy (non-hydrogen) atoms. The number of ether oxygens (including phenoxy) is 1. The van der Waals surface area contributed by atoms with Gasteiger partial charge in [0.05, 0.1) is 5.02 Å². The fourth-order valence-electron chi connectivity index (χ4n) is 3.64. The second-order valence-corrected chi connectivity index (χ2v) is 7.21. The van der Waals surface area contributed by atoms with Gasteiger partial charge in [-0.1, -0.05) is 37.4 Å². The summed E-state index contributed by atoms with van der Waals surface area (Å²) in [4.78, 5) is 38.0. The molecule has 1 saturated carbocycles. The number of esters is 1. The van der Waals surface area contributed by atoms with Crippen molar-refractivity contribution in [2.45, 2.75) is 44.8 Å². The van der Waals surface area contributed by atoms with E-state index >= 15 is 0 Å². The highest BCUT2D eigenvalue weighted by Crippen LogP contribution is 2.38. The van der Waals surface area contributed by atoms with Gasteiger partial charge in [-0.15, -0.1) is 0 Å². The third kappa shape index (κ3) is 3.28. The van der Waals surface area contributed by atoms with Crippen molar-refractivity contribution in [2.24, 2.45) is 5.92 Å². The lowest BCUT2D eigenvalue weighted by atomic mass is 9.73. The molecule has 2 aliphatic rings. The van der Waals surface area contributed by atoms with E-state index in [1.165, 1.54) is 18.2 Å². The molecule has 0 bridgehead atoms. The first-order valence-electron chi connectivity index (χ1n) is 8.58. The summed E-state index contributed by atoms with van der Waals surface area (Å²) in [6.45, 7) is 1.06. The van der Waals surface area contributed by atoms with Crippen LogP contribution in [0.5, 0.6) is 0 Å². The van der Waals surface area contributed by atoms with Crippen LogP contribution >= 0.6 is 11.6 Å². The van der Waals surface area contributed by atoms with Gasteiger partial charge < -0.3 is 10.1 Å². The number of rotatable bonds is 4. The van der Waals surface area contributed by atoms with Crippen molar-refractivity contribution in [3.05, 3.63) is 34.6 Å². The topological polar surface area (TPSA) is 75.7 Å². The lowest BCUT2D eigenvalue weighted by molar-refractivity contribution is -0.149. The lowest BCUT2D eigenvalue weighted by Crippen LogP contribution is -2.54. The van der Waals surface area contributed by atoms with Gasteiger partial charge in [0.25, 0.3) is 5.91 Å². The van der Waals surface area contributed by atoms with Gasteiger partial charge in [0.15, 0.2) is 0 Å². The summed E-state index contributed by atoms with van der Waals surface area (Å²) >= 11 is 5.88. The Kier molecular flexibility index (Phi) is 5.18. The van der Waals surface area contributed by atoms with Crippen LogP contribution in [0.15, 0.2) is 18.2 Å². The molecule has 1 aliphatic carbocycles. The Labute approximate surface area is 155 Å². The van der Waals surface area contributed by atoms with Gasteiger partial charge >= 0.3 is 12.0 Å². The van der Waals surface area contributed by atoms with Crippen LogP contribution in [0.25, 0.3) is 0 Å². The van der Waals surface area contributed by atoms with E-state index in [9.17, 15) is 18.8 Å². The average Bonchev–Trinajstić information content (AvgIpc) is 2.82. The van der Waals surface area contributed by atoms with Crippen molar-refractivity contribution >= 4 is 29.5 Å². The number of nitrogens with zero attached hydrogens (tertiary/aromatic N) is 1. The summed E-state index contributed by atoms with van der Waals surface area (Å²) < 4.78 is 18.7. The van der Waals surface area contributed by atoms with E-state index in [1.54, 1.807) is 0 Å². The van der Waals surface area contributed by atoms with E-state index in [-0.39, 0.29) is 23.1 Å². The molecule has 0 aromatic heterocycles. The van der Waals surface area contributed by atoms with Crippen molar-refractivity contribution in [3.8, 4) is 0 Å². The highest BCUT2D eigenvalue weighted by molar-refractivity contribution is 6.31. The average molecular weight is 383 g/mol. The number of hydrogen-bond donors (Lipinski definition) is 1. The molecule has 1 aliphatic heterocycles. The van der Waals surface area contributed by atoms with Crippen LogP contribution in [0.2, 0.25) is 5.02 Å². The Balaban J connectivity index is 1.64. The zero-order valence-electron chi connectivity index (χ0n) is 14.4. The summed E-state index contributed by atoms with van der Waals surface area (Å²) in [5, 5.41) is 2.91. The molecule has 6 nitrogen and oxygen atoms in total. The van der Waals surface area contributed by atoms with E-state index < -0.39 is 35.8 Å². The summed E-state index contributed by atoms with van der Waals surface area (Å²) in [7, 11) is 0. The van der Waals surface area contributed by atoms with Gasteiger partial charge in [-0.05, 0) is 30.9 Å². The number of nitrogens with one attached hydrogen (secondary N) is 1. The standard InChI is InChI=1S/C18H20ClFN2O4/c1-11-5-2-3-8-18(11)16(24)22(17(25)21-18)9-15(23)26-10-12-13(19)6-4-7-14(12)20/h4,6-7,11H,2-3,5,8-10H2,1H3,(H,21,25)/t11-,18-/m0/s1. The molecule has 8 heteroatoms. The van der Waals surface area contributed by atoms with Crippen LogP contribution in [0.1, 0.15) is 38.2 Å². The molecule has 1 N–H and O–H groups in total. The first-order chi connectivity index (χ1) is 12.3. The fourth-order valence-corrected chi connectivity index (χ4v) is 3.85. The molecule has 2 fully saturated rings. The minimum Gasteiger partial charge on any atom is -0.459 e. The number of carbonyl (C=O) groups is 3. The van der Waals surface area contributed by atoms with Crippen molar-refractivity contribution in [1.82, 2.24) is 10.2 Å². The zero-order chi connectivity index (χ0) is 18.9. The van der Waals surface area contributed by atoms with Crippen LogP contribution in [0.3, 0.4) is 0 Å². The van der Waals surface area contributed by atoms with Crippen molar-refractivity contribution in [1.29, 1.82) is 0 Å². The van der Waals surface area contributed by atoms with Crippen molar-refractivity contribution in [2.75, 3.05) is 6.54 Å². The van der Waals surface area contributed by atoms with E-state index in [1.807, 2.05) is 6.92 Å². The lowest BCUT2D eigenvalue weighted by Gasteiger charge is -2.36. The van der Waals surface area contributed by atoms with Crippen molar-refractivity contribution < 1.29 is 23.5 Å². The minimum atomic E-state index is -0.926. The summed E-state index contributed by atoms with van der Waals surface area (Å²) in [5.74, 6) is -1.77. The monoisotopic (exact) mass is 382 g/mol. The molecule has 3 rings (SSSR count). The van der Waals surface area contributed by atoms with Crippen LogP contribution < -0.4 is 5.32 Å². The predicted octanol–water partition coefficient (Wildman–Crippen LogP) is 3.02. The van der Waals surface area contributed by atoms with E-state index in [0.29, 0.717) is 6.42 Å². The summed E-state index contributed by atoms with van der Waals surface area (Å²) in [6.07, 6.45) is 3.27. The molecule has 1 heterocycles. The third-order valence-corrected chi connectivity index (χ3v) is 5.58. The van der Waals surface area contributed by atoms with Gasteiger partial charge in [0.2, 0.25) is 0 Å². The van der Waals surface area contributed by atoms with Gasteiger partial charge in [0, 0.05) is 5.56 Å². The van der Waals surface area contributed by atoms with Crippen LogP contribution in [-0.2, 0) is 20.9 Å². The first kappa shape index (κ1) is 18.6. The zero-order valence-corrected chi connectivity index (χ0v) is 15.1. The molecule has 1 saturated heterocycles. The molecular formula is C18H20ClFN2O4. The number of imide groups is 1. The van der Waals surface area contributed by atoms with Crippen LogP contribution in [0, 0.1) is 11.7 Å². The quantitative estimate of drug-likeness (QED) is 0.641. The number of hydrogen-bond acceptors (Lipinski definition) is 4. The Morgan fingerprint density at radius 2 is 2.19 bits per heavy atom. The molecule has 1 spiro atoms. The molecule has 1 aromatic rings. The largest absolute Gasteiger partial charge is 0.459 e. The Bertz CT molecular complexity index is 736. The van der Waals surface area contributed by atoms with Gasteiger partial charge in [0.1, 0.15) is 24.5 Å². The molecule has 0 radical (unpaired) electrons. The van der Waals surface area contributed by atoms with E-state index in [2.05, 4.69) is 5.32 Å². The van der Waals surface area contributed by atoms with Crippen LogP contribution in [-0.4, -0.2) is 34.9 Å². The molecule has 1 aromatic carbocycles. The van der Waals surface area contributed by atoms with Crippen molar-refractivity contribution in [3.63, 3.8) is 0 Å². The molecule has 140 valence electrons. The van der Waals surface area contributed by atoms with Crippen LogP contribution in [0.4, 0.5) is 9.18 Å². The SMILES string of the molecule is C[C@H]1CCCC[C@]12NC(=O)N(CC(=O)OCc1c(F)cccc1Cl)C2=O. The third-order valence-electron chi connectivity index (χ3n) is 5.23.